The number of hydrogen-bond acceptors (Lipinski definition) is 3. The molecule has 0 atom stereocenters. The Morgan fingerprint density at radius 2 is 1.48 bits per heavy atom. The number of anilines is 2. The predicted octanol–water partition coefficient (Wildman–Crippen LogP) is 5.17. The van der Waals surface area contributed by atoms with Gasteiger partial charge in [0.05, 0.1) is 4.90 Å². The lowest BCUT2D eigenvalue weighted by atomic mass is 10.0. The Labute approximate surface area is 171 Å². The molecule has 0 saturated carbocycles. The minimum Gasteiger partial charge on any atom is -0.322 e. The van der Waals surface area contributed by atoms with E-state index >= 15 is 0 Å². The second-order valence-corrected chi connectivity index (χ2v) is 8.87. The Balaban J connectivity index is 1.73. The highest BCUT2D eigenvalue weighted by atomic mass is 32.2. The number of benzene rings is 3. The highest BCUT2D eigenvalue weighted by Gasteiger charge is 2.15. The molecule has 0 aliphatic carbocycles. The van der Waals surface area contributed by atoms with Gasteiger partial charge in [0.2, 0.25) is 0 Å². The highest BCUT2D eigenvalue weighted by Crippen LogP contribution is 2.24. The highest BCUT2D eigenvalue weighted by molar-refractivity contribution is 7.92. The smallest absolute Gasteiger partial charge is 0.261 e. The second kappa shape index (κ2) is 8.49. The molecule has 3 rings (SSSR count). The molecule has 0 bridgehead atoms. The number of carbonyl (C=O) groups excluding carboxylic acids is 1. The van der Waals surface area contributed by atoms with Gasteiger partial charge in [0.15, 0.2) is 0 Å². The molecule has 2 N–H and O–H groups in total. The second-order valence-electron chi connectivity index (χ2n) is 7.19. The molecule has 0 fully saturated rings. The standard InChI is InChI=1S/C23H24N2O3S/c1-16(2)21-6-4-5-7-22(21)24-23(26)18-10-12-19(13-11-18)25-29(27,28)20-14-8-17(3)9-15-20/h4-16,25H,1-3H3,(H,24,26). The predicted molar refractivity (Wildman–Crippen MR) is 117 cm³/mol. The van der Waals surface area contributed by atoms with Gasteiger partial charge in [-0.05, 0) is 60.9 Å². The van der Waals surface area contributed by atoms with E-state index in [2.05, 4.69) is 23.9 Å². The molecule has 0 heterocycles. The first-order valence-corrected chi connectivity index (χ1v) is 10.8. The van der Waals surface area contributed by atoms with Crippen molar-refractivity contribution in [3.8, 4) is 0 Å². The van der Waals surface area contributed by atoms with Gasteiger partial charge in [-0.2, -0.15) is 0 Å². The van der Waals surface area contributed by atoms with Crippen molar-refractivity contribution in [1.82, 2.24) is 0 Å². The van der Waals surface area contributed by atoms with Crippen LogP contribution >= 0.6 is 0 Å². The Morgan fingerprint density at radius 3 is 2.10 bits per heavy atom. The Morgan fingerprint density at radius 1 is 0.862 bits per heavy atom. The Bertz CT molecular complexity index is 1100. The summed E-state index contributed by atoms with van der Waals surface area (Å²) in [6.07, 6.45) is 0. The summed E-state index contributed by atoms with van der Waals surface area (Å²) in [7, 11) is -3.68. The molecule has 0 unspecified atom stereocenters. The van der Waals surface area contributed by atoms with E-state index in [1.165, 1.54) is 0 Å². The van der Waals surface area contributed by atoms with Crippen molar-refractivity contribution in [2.24, 2.45) is 0 Å². The van der Waals surface area contributed by atoms with Gasteiger partial charge in [-0.3, -0.25) is 9.52 Å². The molecular weight excluding hydrogens is 384 g/mol. The van der Waals surface area contributed by atoms with Crippen molar-refractivity contribution in [1.29, 1.82) is 0 Å². The van der Waals surface area contributed by atoms with Crippen LogP contribution in [0.4, 0.5) is 11.4 Å². The average molecular weight is 409 g/mol. The summed E-state index contributed by atoms with van der Waals surface area (Å²) in [6, 6.07) is 20.7. The lowest BCUT2D eigenvalue weighted by Gasteiger charge is -2.14. The molecule has 0 saturated heterocycles. The SMILES string of the molecule is Cc1ccc(S(=O)(=O)Nc2ccc(C(=O)Nc3ccccc3C(C)C)cc2)cc1. The van der Waals surface area contributed by atoms with Gasteiger partial charge in [0, 0.05) is 16.9 Å². The van der Waals surface area contributed by atoms with Crippen molar-refractivity contribution in [3.63, 3.8) is 0 Å². The number of carbonyl (C=O) groups is 1. The van der Waals surface area contributed by atoms with Crippen LogP contribution in [0.3, 0.4) is 0 Å². The van der Waals surface area contributed by atoms with Gasteiger partial charge in [-0.25, -0.2) is 8.42 Å². The number of rotatable bonds is 6. The molecule has 6 heteroatoms. The van der Waals surface area contributed by atoms with E-state index in [1.807, 2.05) is 31.2 Å². The van der Waals surface area contributed by atoms with Crippen molar-refractivity contribution >= 4 is 27.3 Å². The zero-order valence-electron chi connectivity index (χ0n) is 16.6. The van der Waals surface area contributed by atoms with Crippen molar-refractivity contribution in [2.45, 2.75) is 31.6 Å². The number of aryl methyl sites for hydroxylation is 1. The number of amides is 1. The third-order valence-electron chi connectivity index (χ3n) is 4.56. The fourth-order valence-corrected chi connectivity index (χ4v) is 3.99. The van der Waals surface area contributed by atoms with Gasteiger partial charge in [-0.15, -0.1) is 0 Å². The summed E-state index contributed by atoms with van der Waals surface area (Å²) in [6.45, 7) is 6.03. The summed E-state index contributed by atoms with van der Waals surface area (Å²) in [5, 5.41) is 2.93. The van der Waals surface area contributed by atoms with Crippen molar-refractivity contribution in [3.05, 3.63) is 89.5 Å². The monoisotopic (exact) mass is 408 g/mol. The number of nitrogens with one attached hydrogen (secondary N) is 2. The first-order chi connectivity index (χ1) is 13.8. The zero-order chi connectivity index (χ0) is 21.0. The molecule has 0 aliphatic rings. The molecule has 3 aromatic rings. The maximum Gasteiger partial charge on any atom is 0.261 e. The molecule has 0 radical (unpaired) electrons. The number of hydrogen-bond donors (Lipinski definition) is 2. The fraction of sp³-hybridized carbons (Fsp3) is 0.174. The third-order valence-corrected chi connectivity index (χ3v) is 5.96. The van der Waals surface area contributed by atoms with Crippen LogP contribution < -0.4 is 10.0 Å². The van der Waals surface area contributed by atoms with Crippen LogP contribution in [-0.2, 0) is 10.0 Å². The van der Waals surface area contributed by atoms with Crippen LogP contribution in [0.25, 0.3) is 0 Å². The van der Waals surface area contributed by atoms with Gasteiger partial charge >= 0.3 is 0 Å². The van der Waals surface area contributed by atoms with E-state index < -0.39 is 10.0 Å². The summed E-state index contributed by atoms with van der Waals surface area (Å²) in [4.78, 5) is 12.8. The minimum absolute atomic E-state index is 0.190. The lowest BCUT2D eigenvalue weighted by Crippen LogP contribution is -2.15. The quantitative estimate of drug-likeness (QED) is 0.591. The number of para-hydroxylation sites is 1. The summed E-state index contributed by atoms with van der Waals surface area (Å²) < 4.78 is 27.5. The van der Waals surface area contributed by atoms with E-state index in [0.29, 0.717) is 11.3 Å². The van der Waals surface area contributed by atoms with E-state index in [9.17, 15) is 13.2 Å². The molecule has 1 amide bonds. The van der Waals surface area contributed by atoms with Gasteiger partial charge in [0.1, 0.15) is 0 Å². The van der Waals surface area contributed by atoms with Crippen molar-refractivity contribution in [2.75, 3.05) is 10.0 Å². The first-order valence-electron chi connectivity index (χ1n) is 9.36. The first kappa shape index (κ1) is 20.6. The van der Waals surface area contributed by atoms with Gasteiger partial charge in [0.25, 0.3) is 15.9 Å². The van der Waals surface area contributed by atoms with E-state index in [0.717, 1.165) is 16.8 Å². The summed E-state index contributed by atoms with van der Waals surface area (Å²) in [5.74, 6) is 0.0381. The van der Waals surface area contributed by atoms with Gasteiger partial charge < -0.3 is 5.32 Å². The minimum atomic E-state index is -3.68. The van der Waals surface area contributed by atoms with Crippen LogP contribution in [0.15, 0.2) is 77.7 Å². The van der Waals surface area contributed by atoms with Crippen LogP contribution in [0.2, 0.25) is 0 Å². The topological polar surface area (TPSA) is 75.3 Å². The molecule has 3 aromatic carbocycles. The summed E-state index contributed by atoms with van der Waals surface area (Å²) in [5.41, 5.74) is 3.66. The number of sulfonamides is 1. The summed E-state index contributed by atoms with van der Waals surface area (Å²) >= 11 is 0. The van der Waals surface area contributed by atoms with Crippen LogP contribution in [0.1, 0.15) is 41.3 Å². The largest absolute Gasteiger partial charge is 0.322 e. The van der Waals surface area contributed by atoms with Crippen LogP contribution in [0, 0.1) is 6.92 Å². The third kappa shape index (κ3) is 5.03. The zero-order valence-corrected chi connectivity index (χ0v) is 17.5. The van der Waals surface area contributed by atoms with Crippen LogP contribution in [-0.4, -0.2) is 14.3 Å². The van der Waals surface area contributed by atoms with Gasteiger partial charge in [-0.1, -0.05) is 49.7 Å². The molecule has 5 nitrogen and oxygen atoms in total. The van der Waals surface area contributed by atoms with E-state index in [1.54, 1.807) is 48.5 Å². The molecule has 0 aromatic heterocycles. The Kier molecular flexibility index (Phi) is 6.03. The maximum atomic E-state index is 12.6. The van der Waals surface area contributed by atoms with E-state index in [4.69, 9.17) is 0 Å². The molecule has 0 aliphatic heterocycles. The normalized spacial score (nSPS) is 11.3. The van der Waals surface area contributed by atoms with E-state index in [-0.39, 0.29) is 16.7 Å². The molecule has 0 spiro atoms. The fourth-order valence-electron chi connectivity index (χ4n) is 2.93. The van der Waals surface area contributed by atoms with Crippen molar-refractivity contribution < 1.29 is 13.2 Å². The molecule has 29 heavy (non-hydrogen) atoms. The lowest BCUT2D eigenvalue weighted by molar-refractivity contribution is 0.102. The average Bonchev–Trinajstić information content (AvgIpc) is 2.69. The Hall–Kier alpha value is -3.12. The molecular formula is C23H24N2O3S. The van der Waals surface area contributed by atoms with Crippen LogP contribution in [0.5, 0.6) is 0 Å². The maximum absolute atomic E-state index is 12.6. The molecule has 150 valence electrons.